The summed E-state index contributed by atoms with van der Waals surface area (Å²) in [4.78, 5) is 36.0. The molecule has 5 rings (SSSR count). The maximum absolute atomic E-state index is 12.9. The molecule has 1 N–H and O–H groups in total. The van der Waals surface area contributed by atoms with Gasteiger partial charge in [0, 0.05) is 36.8 Å². The van der Waals surface area contributed by atoms with Crippen LogP contribution in [0.1, 0.15) is 42.9 Å². The van der Waals surface area contributed by atoms with E-state index in [-0.39, 0.29) is 35.3 Å². The van der Waals surface area contributed by atoms with Crippen molar-refractivity contribution in [2.75, 3.05) is 25.4 Å². The van der Waals surface area contributed by atoms with Crippen molar-refractivity contribution >= 4 is 23.6 Å². The largest absolute Gasteiger partial charge is 0.371 e. The Hall–Kier alpha value is -2.71. The first kappa shape index (κ1) is 23.1. The Morgan fingerprint density at radius 1 is 1.18 bits per heavy atom. The number of aromatic nitrogens is 2. The lowest BCUT2D eigenvalue weighted by molar-refractivity contribution is -0.131. The standard InChI is InChI=1S/C26H30N4O3S/c1-2-16-33-23-22(29-24(32)18-8-9-18)19-6-3-4-7-20(19)26(23)10-14-30(15-11-26)21(31)17-34-25-27-12-5-13-28-25/h2-7,12-13,18,22-23H,1,8-11,14-17H2,(H,29,32)/t22-,23+/m0/s1. The van der Waals surface area contributed by atoms with E-state index in [1.165, 1.54) is 17.3 Å². The molecule has 0 bridgehead atoms. The Labute approximate surface area is 204 Å². The van der Waals surface area contributed by atoms with Crippen molar-refractivity contribution in [2.24, 2.45) is 5.92 Å². The van der Waals surface area contributed by atoms with E-state index in [0.717, 1.165) is 31.2 Å². The van der Waals surface area contributed by atoms with Crippen molar-refractivity contribution in [2.45, 2.75) is 48.4 Å². The second-order valence-electron chi connectivity index (χ2n) is 9.25. The van der Waals surface area contributed by atoms with E-state index in [2.05, 4.69) is 40.1 Å². The average molecular weight is 479 g/mol. The topological polar surface area (TPSA) is 84.4 Å². The van der Waals surface area contributed by atoms with Crippen molar-refractivity contribution in [1.82, 2.24) is 20.2 Å². The molecule has 7 nitrogen and oxygen atoms in total. The molecule has 2 atom stereocenters. The van der Waals surface area contributed by atoms with Crippen LogP contribution in [0.25, 0.3) is 0 Å². The molecule has 2 fully saturated rings. The van der Waals surface area contributed by atoms with Gasteiger partial charge in [0.1, 0.15) is 0 Å². The van der Waals surface area contributed by atoms with Gasteiger partial charge in [-0.25, -0.2) is 9.97 Å². The van der Waals surface area contributed by atoms with Crippen LogP contribution in [0.15, 0.2) is 60.5 Å². The van der Waals surface area contributed by atoms with Crippen LogP contribution in [-0.4, -0.2) is 58.2 Å². The molecule has 178 valence electrons. The highest BCUT2D eigenvalue weighted by atomic mass is 32.2. The molecule has 1 aromatic carbocycles. The third kappa shape index (κ3) is 4.49. The predicted octanol–water partition coefficient (Wildman–Crippen LogP) is 3.28. The minimum absolute atomic E-state index is 0.0979. The molecule has 0 radical (unpaired) electrons. The molecule has 8 heteroatoms. The number of carbonyl (C=O) groups is 2. The van der Waals surface area contributed by atoms with Crippen LogP contribution in [-0.2, 0) is 19.7 Å². The molecule has 2 amide bonds. The van der Waals surface area contributed by atoms with Crippen molar-refractivity contribution in [3.8, 4) is 0 Å². The molecule has 1 saturated carbocycles. The highest BCUT2D eigenvalue weighted by molar-refractivity contribution is 7.99. The summed E-state index contributed by atoms with van der Waals surface area (Å²) in [5.74, 6) is 0.677. The van der Waals surface area contributed by atoms with Crippen LogP contribution >= 0.6 is 11.8 Å². The highest BCUT2D eigenvalue weighted by Gasteiger charge is 2.55. The van der Waals surface area contributed by atoms with Gasteiger partial charge in [-0.1, -0.05) is 42.1 Å². The summed E-state index contributed by atoms with van der Waals surface area (Å²) >= 11 is 1.37. The molecule has 2 heterocycles. The fraction of sp³-hybridized carbons (Fsp3) is 0.462. The lowest BCUT2D eigenvalue weighted by Crippen LogP contribution is -2.52. The number of likely N-dealkylation sites (tertiary alicyclic amines) is 1. The molecule has 1 aromatic heterocycles. The molecule has 0 unspecified atom stereocenters. The second kappa shape index (κ2) is 9.88. The van der Waals surface area contributed by atoms with Crippen molar-refractivity contribution in [1.29, 1.82) is 0 Å². The minimum Gasteiger partial charge on any atom is -0.371 e. The fourth-order valence-electron chi connectivity index (χ4n) is 5.34. The van der Waals surface area contributed by atoms with Crippen molar-refractivity contribution in [3.63, 3.8) is 0 Å². The zero-order chi connectivity index (χ0) is 23.5. The number of rotatable bonds is 8. The third-order valence-electron chi connectivity index (χ3n) is 7.19. The van der Waals surface area contributed by atoms with Crippen LogP contribution in [0.4, 0.5) is 0 Å². The lowest BCUT2D eigenvalue weighted by Gasteiger charge is -2.44. The van der Waals surface area contributed by atoms with Gasteiger partial charge in [-0.2, -0.15) is 0 Å². The molecule has 1 spiro atoms. The first-order valence-electron chi connectivity index (χ1n) is 11.9. The van der Waals surface area contributed by atoms with E-state index in [1.54, 1.807) is 24.5 Å². The Bertz CT molecular complexity index is 1050. The number of hydrogen-bond acceptors (Lipinski definition) is 6. The van der Waals surface area contributed by atoms with Gasteiger partial charge in [-0.15, -0.1) is 6.58 Å². The highest BCUT2D eigenvalue weighted by Crippen LogP contribution is 2.52. The maximum atomic E-state index is 12.9. The summed E-state index contributed by atoms with van der Waals surface area (Å²) in [5.41, 5.74) is 2.14. The minimum atomic E-state index is -0.242. The van der Waals surface area contributed by atoms with Crippen LogP contribution in [0, 0.1) is 5.92 Å². The smallest absolute Gasteiger partial charge is 0.233 e. The fourth-order valence-corrected chi connectivity index (χ4v) is 6.05. The lowest BCUT2D eigenvalue weighted by atomic mass is 9.72. The molecule has 1 aliphatic heterocycles. The zero-order valence-corrected chi connectivity index (χ0v) is 20.0. The normalized spacial score (nSPS) is 22.9. The maximum Gasteiger partial charge on any atom is 0.233 e. The van der Waals surface area contributed by atoms with E-state index >= 15 is 0 Å². The first-order valence-corrected chi connectivity index (χ1v) is 12.9. The molecule has 3 aliphatic rings. The summed E-state index contributed by atoms with van der Waals surface area (Å²) in [7, 11) is 0. The van der Waals surface area contributed by atoms with Crippen molar-refractivity contribution in [3.05, 3.63) is 66.5 Å². The van der Waals surface area contributed by atoms with Crippen LogP contribution in [0.5, 0.6) is 0 Å². The third-order valence-corrected chi connectivity index (χ3v) is 8.05. The van der Waals surface area contributed by atoms with E-state index in [0.29, 0.717) is 30.6 Å². The van der Waals surface area contributed by atoms with Gasteiger partial charge in [-0.3, -0.25) is 9.59 Å². The van der Waals surface area contributed by atoms with E-state index in [1.807, 2.05) is 11.0 Å². The van der Waals surface area contributed by atoms with Crippen LogP contribution in [0.2, 0.25) is 0 Å². The van der Waals surface area contributed by atoms with Gasteiger partial charge in [-0.05, 0) is 42.9 Å². The quantitative estimate of drug-likeness (QED) is 0.356. The van der Waals surface area contributed by atoms with E-state index < -0.39 is 0 Å². The average Bonchev–Trinajstić information content (AvgIpc) is 3.70. The number of amides is 2. The van der Waals surface area contributed by atoms with Gasteiger partial charge in [0.2, 0.25) is 11.8 Å². The second-order valence-corrected chi connectivity index (χ2v) is 10.2. The number of carbonyl (C=O) groups excluding carboxylic acids is 2. The summed E-state index contributed by atoms with van der Waals surface area (Å²) in [6.07, 6.45) is 8.46. The number of hydrogen-bond donors (Lipinski definition) is 1. The molecule has 2 aromatic rings. The number of nitrogens with zero attached hydrogens (tertiary/aromatic N) is 3. The number of fused-ring (bicyclic) bond motifs is 2. The first-order chi connectivity index (χ1) is 16.6. The number of benzene rings is 1. The van der Waals surface area contributed by atoms with Gasteiger partial charge < -0.3 is 15.0 Å². The number of piperidine rings is 1. The monoisotopic (exact) mass is 478 g/mol. The summed E-state index contributed by atoms with van der Waals surface area (Å²) < 4.78 is 6.39. The molecular formula is C26H30N4O3S. The Balaban J connectivity index is 1.33. The van der Waals surface area contributed by atoms with Crippen molar-refractivity contribution < 1.29 is 14.3 Å². The summed E-state index contributed by atoms with van der Waals surface area (Å²) in [6.45, 7) is 5.56. The van der Waals surface area contributed by atoms with Gasteiger partial charge in [0.15, 0.2) is 5.16 Å². The number of nitrogens with one attached hydrogen (secondary N) is 1. The van der Waals surface area contributed by atoms with Gasteiger partial charge in [0.25, 0.3) is 0 Å². The SMILES string of the molecule is C=CCO[C@@H]1[C@@H](NC(=O)C2CC2)c2ccccc2C12CCN(C(=O)CSc1ncccn1)CC2. The molecule has 2 aliphatic carbocycles. The van der Waals surface area contributed by atoms with Gasteiger partial charge >= 0.3 is 0 Å². The van der Waals surface area contributed by atoms with Crippen LogP contribution < -0.4 is 5.32 Å². The summed E-state index contributed by atoms with van der Waals surface area (Å²) in [6, 6.07) is 9.95. The van der Waals surface area contributed by atoms with Gasteiger partial charge in [0.05, 0.1) is 24.5 Å². The van der Waals surface area contributed by atoms with E-state index in [4.69, 9.17) is 4.74 Å². The molecule has 34 heavy (non-hydrogen) atoms. The van der Waals surface area contributed by atoms with Crippen LogP contribution in [0.3, 0.4) is 0 Å². The Kier molecular flexibility index (Phi) is 6.70. The summed E-state index contributed by atoms with van der Waals surface area (Å²) in [5, 5.41) is 3.92. The predicted molar refractivity (Wildman–Crippen MR) is 130 cm³/mol. The number of thioether (sulfide) groups is 1. The van der Waals surface area contributed by atoms with E-state index in [9.17, 15) is 9.59 Å². The molecular weight excluding hydrogens is 448 g/mol. The number of ether oxygens (including phenoxy) is 1. The Morgan fingerprint density at radius 3 is 2.62 bits per heavy atom. The Morgan fingerprint density at radius 2 is 1.91 bits per heavy atom. The zero-order valence-electron chi connectivity index (χ0n) is 19.2. The molecule has 1 saturated heterocycles.